The zero-order valence-electron chi connectivity index (χ0n) is 18.8. The number of hydrogen-bond acceptors (Lipinski definition) is 6. The number of ether oxygens (including phenoxy) is 4. The molecule has 1 aliphatic heterocycles. The summed E-state index contributed by atoms with van der Waals surface area (Å²) in [6, 6.07) is 12.2. The number of aryl methyl sites for hydroxylation is 1. The molecule has 2 aromatic carbocycles. The van der Waals surface area contributed by atoms with Crippen LogP contribution in [-0.4, -0.2) is 65.0 Å². The molecule has 0 saturated carbocycles. The quantitative estimate of drug-likeness (QED) is 0.662. The highest BCUT2D eigenvalue weighted by Gasteiger charge is 2.23. The molecule has 1 amide bonds. The van der Waals surface area contributed by atoms with Crippen molar-refractivity contribution in [3.05, 3.63) is 53.1 Å². The average molecular weight is 429 g/mol. The van der Waals surface area contributed by atoms with E-state index in [-0.39, 0.29) is 18.4 Å². The first-order valence-electron chi connectivity index (χ1n) is 10.5. The van der Waals surface area contributed by atoms with Gasteiger partial charge in [-0.3, -0.25) is 9.69 Å². The van der Waals surface area contributed by atoms with Gasteiger partial charge in [0.05, 0.1) is 47.0 Å². The Morgan fingerprint density at radius 2 is 1.65 bits per heavy atom. The van der Waals surface area contributed by atoms with Gasteiger partial charge in [-0.25, -0.2) is 0 Å². The van der Waals surface area contributed by atoms with Crippen LogP contribution in [0.2, 0.25) is 0 Å². The van der Waals surface area contributed by atoms with E-state index in [0.29, 0.717) is 37.0 Å². The van der Waals surface area contributed by atoms with Gasteiger partial charge in [0.15, 0.2) is 11.5 Å². The summed E-state index contributed by atoms with van der Waals surface area (Å²) in [6.07, 6.45) is 0.223. The Bertz CT molecular complexity index is 838. The third kappa shape index (κ3) is 5.89. The molecule has 1 aliphatic rings. The summed E-state index contributed by atoms with van der Waals surface area (Å²) in [7, 11) is 4.69. The third-order valence-corrected chi connectivity index (χ3v) is 5.53. The normalized spacial score (nSPS) is 15.2. The fourth-order valence-electron chi connectivity index (χ4n) is 3.83. The lowest BCUT2D eigenvalue weighted by Crippen LogP contribution is -2.44. The second-order valence-corrected chi connectivity index (χ2v) is 7.59. The molecule has 0 spiro atoms. The summed E-state index contributed by atoms with van der Waals surface area (Å²) in [4.78, 5) is 15.1. The van der Waals surface area contributed by atoms with Gasteiger partial charge >= 0.3 is 0 Å². The molecule has 1 saturated heterocycles. The van der Waals surface area contributed by atoms with Crippen LogP contribution in [0.3, 0.4) is 0 Å². The Kier molecular flexibility index (Phi) is 8.14. The van der Waals surface area contributed by atoms with Gasteiger partial charge in [-0.1, -0.05) is 29.8 Å². The van der Waals surface area contributed by atoms with Crippen molar-refractivity contribution in [1.82, 2.24) is 10.2 Å². The molecule has 1 N–H and O–H groups in total. The van der Waals surface area contributed by atoms with Gasteiger partial charge in [0.2, 0.25) is 11.7 Å². The molecular weight excluding hydrogens is 396 g/mol. The molecule has 1 fully saturated rings. The largest absolute Gasteiger partial charge is 0.493 e. The minimum atomic E-state index is -0.0559. The number of nitrogens with one attached hydrogen (secondary N) is 1. The molecule has 7 heteroatoms. The van der Waals surface area contributed by atoms with Crippen molar-refractivity contribution in [2.75, 3.05) is 54.2 Å². The predicted octanol–water partition coefficient (Wildman–Crippen LogP) is 2.75. The Morgan fingerprint density at radius 1 is 1.03 bits per heavy atom. The van der Waals surface area contributed by atoms with Crippen LogP contribution in [0.1, 0.15) is 22.7 Å². The van der Waals surface area contributed by atoms with Gasteiger partial charge in [-0.2, -0.15) is 0 Å². The molecular formula is C24H32N2O5. The standard InChI is InChI=1S/C24H32N2O5/c1-17-5-7-19(8-6-17)20(26-9-11-31-12-10-26)16-25-23(27)15-18-13-21(28-2)24(30-4)22(14-18)29-3/h5-8,13-14,20H,9-12,15-16H2,1-4H3,(H,25,27). The monoisotopic (exact) mass is 428 g/mol. The fourth-order valence-corrected chi connectivity index (χ4v) is 3.83. The first-order chi connectivity index (χ1) is 15.0. The van der Waals surface area contributed by atoms with Crippen LogP contribution in [0.5, 0.6) is 17.2 Å². The van der Waals surface area contributed by atoms with E-state index in [1.165, 1.54) is 11.1 Å². The molecule has 1 atom stereocenters. The number of rotatable bonds is 9. The summed E-state index contributed by atoms with van der Waals surface area (Å²) < 4.78 is 21.6. The van der Waals surface area contributed by atoms with Crippen molar-refractivity contribution in [2.45, 2.75) is 19.4 Å². The van der Waals surface area contributed by atoms with Gasteiger partial charge < -0.3 is 24.3 Å². The molecule has 0 aromatic heterocycles. The number of nitrogens with zero attached hydrogens (tertiary/aromatic N) is 1. The Hall–Kier alpha value is -2.77. The van der Waals surface area contributed by atoms with Crippen molar-refractivity contribution in [1.29, 1.82) is 0 Å². The molecule has 3 rings (SSSR count). The average Bonchev–Trinajstić information content (AvgIpc) is 2.80. The maximum atomic E-state index is 12.8. The lowest BCUT2D eigenvalue weighted by Gasteiger charge is -2.35. The number of carbonyl (C=O) groups is 1. The van der Waals surface area contributed by atoms with Crippen LogP contribution in [-0.2, 0) is 16.0 Å². The number of amides is 1. The van der Waals surface area contributed by atoms with E-state index in [1.54, 1.807) is 33.5 Å². The first kappa shape index (κ1) is 22.9. The maximum absolute atomic E-state index is 12.8. The van der Waals surface area contributed by atoms with Gasteiger partial charge in [0.1, 0.15) is 0 Å². The molecule has 31 heavy (non-hydrogen) atoms. The van der Waals surface area contributed by atoms with E-state index in [4.69, 9.17) is 18.9 Å². The molecule has 7 nitrogen and oxygen atoms in total. The number of carbonyl (C=O) groups excluding carboxylic acids is 1. The van der Waals surface area contributed by atoms with Gasteiger partial charge in [-0.15, -0.1) is 0 Å². The van der Waals surface area contributed by atoms with E-state index >= 15 is 0 Å². The van der Waals surface area contributed by atoms with Crippen LogP contribution in [0, 0.1) is 6.92 Å². The third-order valence-electron chi connectivity index (χ3n) is 5.53. The molecule has 0 aliphatic carbocycles. The Labute approximate surface area is 184 Å². The predicted molar refractivity (Wildman–Crippen MR) is 119 cm³/mol. The topological polar surface area (TPSA) is 69.3 Å². The molecule has 0 bridgehead atoms. The molecule has 1 unspecified atom stereocenters. The van der Waals surface area contributed by atoms with E-state index in [9.17, 15) is 4.79 Å². The van der Waals surface area contributed by atoms with E-state index in [0.717, 1.165) is 18.7 Å². The van der Waals surface area contributed by atoms with E-state index < -0.39 is 0 Å². The number of methoxy groups -OCH3 is 3. The van der Waals surface area contributed by atoms with Gasteiger partial charge in [0.25, 0.3) is 0 Å². The lowest BCUT2D eigenvalue weighted by atomic mass is 10.0. The smallest absolute Gasteiger partial charge is 0.224 e. The summed E-state index contributed by atoms with van der Waals surface area (Å²) in [5.74, 6) is 1.53. The summed E-state index contributed by atoms with van der Waals surface area (Å²) >= 11 is 0. The highest BCUT2D eigenvalue weighted by molar-refractivity contribution is 5.79. The lowest BCUT2D eigenvalue weighted by molar-refractivity contribution is -0.120. The number of morpholine rings is 1. The van der Waals surface area contributed by atoms with E-state index in [2.05, 4.69) is 41.4 Å². The molecule has 168 valence electrons. The molecule has 1 heterocycles. The van der Waals surface area contributed by atoms with Crippen LogP contribution in [0.15, 0.2) is 36.4 Å². The van der Waals surface area contributed by atoms with Crippen LogP contribution >= 0.6 is 0 Å². The highest BCUT2D eigenvalue weighted by Crippen LogP contribution is 2.38. The molecule has 2 aromatic rings. The summed E-state index contributed by atoms with van der Waals surface area (Å²) in [5, 5.41) is 3.11. The highest BCUT2D eigenvalue weighted by atomic mass is 16.5. The number of hydrogen-bond donors (Lipinski definition) is 1. The van der Waals surface area contributed by atoms with Crippen molar-refractivity contribution < 1.29 is 23.7 Å². The Balaban J connectivity index is 1.70. The summed E-state index contributed by atoms with van der Waals surface area (Å²) in [6.45, 7) is 5.73. The minimum Gasteiger partial charge on any atom is -0.493 e. The van der Waals surface area contributed by atoms with Gasteiger partial charge in [0, 0.05) is 19.6 Å². The number of benzene rings is 2. The zero-order chi connectivity index (χ0) is 22.2. The Morgan fingerprint density at radius 3 is 2.19 bits per heavy atom. The summed E-state index contributed by atoms with van der Waals surface area (Å²) in [5.41, 5.74) is 3.21. The van der Waals surface area contributed by atoms with Crippen molar-refractivity contribution in [3.8, 4) is 17.2 Å². The minimum absolute atomic E-state index is 0.0559. The van der Waals surface area contributed by atoms with Crippen molar-refractivity contribution >= 4 is 5.91 Å². The van der Waals surface area contributed by atoms with E-state index in [1.807, 2.05) is 0 Å². The van der Waals surface area contributed by atoms with Crippen LogP contribution < -0.4 is 19.5 Å². The van der Waals surface area contributed by atoms with Crippen molar-refractivity contribution in [3.63, 3.8) is 0 Å². The first-order valence-corrected chi connectivity index (χ1v) is 10.5. The van der Waals surface area contributed by atoms with Crippen molar-refractivity contribution in [2.24, 2.45) is 0 Å². The fraction of sp³-hybridized carbons (Fsp3) is 0.458. The van der Waals surface area contributed by atoms with Crippen LogP contribution in [0.25, 0.3) is 0 Å². The second kappa shape index (κ2) is 11.0. The zero-order valence-corrected chi connectivity index (χ0v) is 18.8. The SMILES string of the molecule is COc1cc(CC(=O)NCC(c2ccc(C)cc2)N2CCOCC2)cc(OC)c1OC. The molecule has 0 radical (unpaired) electrons. The second-order valence-electron chi connectivity index (χ2n) is 7.59. The maximum Gasteiger partial charge on any atom is 0.224 e. The van der Waals surface area contributed by atoms with Crippen LogP contribution in [0.4, 0.5) is 0 Å². The van der Waals surface area contributed by atoms with Gasteiger partial charge in [-0.05, 0) is 30.2 Å².